The van der Waals surface area contributed by atoms with Crippen LogP contribution in [0, 0.1) is 10.1 Å². The van der Waals surface area contributed by atoms with Gasteiger partial charge in [-0.2, -0.15) is 9.78 Å². The number of rotatable bonds is 8. The van der Waals surface area contributed by atoms with Gasteiger partial charge in [0.05, 0.1) is 33.6 Å². The Hall–Kier alpha value is -4.35. The quantitative estimate of drug-likeness (QED) is 0.101. The van der Waals surface area contributed by atoms with Crippen molar-refractivity contribution in [2.24, 2.45) is 5.10 Å². The summed E-state index contributed by atoms with van der Waals surface area (Å²) in [5.41, 5.74) is 2.22. The SMILES string of the molecule is COc1cc(C=Nn2c(-c3ccccc3)nc3ccccc3c2=O)c(Br)c(Br)c1OCc1cccc([N+](=O)[O-])c1. The first-order valence-corrected chi connectivity index (χ1v) is 13.5. The van der Waals surface area contributed by atoms with Crippen molar-refractivity contribution in [2.75, 3.05) is 7.11 Å². The van der Waals surface area contributed by atoms with Crippen molar-refractivity contribution in [1.82, 2.24) is 9.66 Å². The minimum absolute atomic E-state index is 0.0202. The number of nitrogens with zero attached hydrogens (tertiary/aromatic N) is 4. The minimum Gasteiger partial charge on any atom is -0.493 e. The molecule has 0 saturated carbocycles. The van der Waals surface area contributed by atoms with Crippen molar-refractivity contribution in [2.45, 2.75) is 6.61 Å². The van der Waals surface area contributed by atoms with Gasteiger partial charge in [0.15, 0.2) is 17.3 Å². The van der Waals surface area contributed by atoms with E-state index in [1.165, 1.54) is 30.1 Å². The average Bonchev–Trinajstić information content (AvgIpc) is 2.98. The van der Waals surface area contributed by atoms with Crippen LogP contribution in [0.2, 0.25) is 0 Å². The lowest BCUT2D eigenvalue weighted by Gasteiger charge is -2.15. The number of hydrogen-bond acceptors (Lipinski definition) is 7. The summed E-state index contributed by atoms with van der Waals surface area (Å²) in [5, 5.41) is 16.1. The zero-order chi connectivity index (χ0) is 28.2. The molecule has 200 valence electrons. The van der Waals surface area contributed by atoms with Crippen LogP contribution < -0.4 is 15.0 Å². The summed E-state index contributed by atoms with van der Waals surface area (Å²) in [6.07, 6.45) is 1.53. The van der Waals surface area contributed by atoms with Gasteiger partial charge in [-0.15, -0.1) is 0 Å². The van der Waals surface area contributed by atoms with Crippen molar-refractivity contribution in [3.05, 3.63) is 125 Å². The van der Waals surface area contributed by atoms with Gasteiger partial charge >= 0.3 is 0 Å². The monoisotopic (exact) mass is 662 g/mol. The molecule has 9 nitrogen and oxygen atoms in total. The van der Waals surface area contributed by atoms with E-state index < -0.39 is 4.92 Å². The molecule has 4 aromatic carbocycles. The molecule has 0 N–H and O–H groups in total. The highest BCUT2D eigenvalue weighted by atomic mass is 79.9. The molecule has 0 atom stereocenters. The molecular weight excluding hydrogens is 644 g/mol. The van der Waals surface area contributed by atoms with E-state index in [1.807, 2.05) is 36.4 Å². The zero-order valence-electron chi connectivity index (χ0n) is 21.0. The van der Waals surface area contributed by atoms with Crippen LogP contribution in [0.3, 0.4) is 0 Å². The van der Waals surface area contributed by atoms with Crippen LogP contribution in [0.25, 0.3) is 22.3 Å². The Bertz CT molecular complexity index is 1820. The topological polar surface area (TPSA) is 109 Å². The van der Waals surface area contributed by atoms with Gasteiger partial charge in [0, 0.05) is 27.7 Å². The summed E-state index contributed by atoms with van der Waals surface area (Å²) >= 11 is 7.14. The summed E-state index contributed by atoms with van der Waals surface area (Å²) in [6, 6.07) is 24.4. The van der Waals surface area contributed by atoms with Crippen LogP contribution in [0.15, 0.2) is 104 Å². The molecule has 0 saturated heterocycles. The number of hydrogen-bond donors (Lipinski definition) is 0. The Morgan fingerprint density at radius 2 is 1.75 bits per heavy atom. The Morgan fingerprint density at radius 3 is 2.50 bits per heavy atom. The van der Waals surface area contributed by atoms with Crippen molar-refractivity contribution in [1.29, 1.82) is 0 Å². The fourth-order valence-electron chi connectivity index (χ4n) is 4.02. The maximum atomic E-state index is 13.5. The fourth-order valence-corrected chi connectivity index (χ4v) is 4.96. The summed E-state index contributed by atoms with van der Waals surface area (Å²) in [5.74, 6) is 1.20. The van der Waals surface area contributed by atoms with Crippen molar-refractivity contribution in [3.8, 4) is 22.9 Å². The molecule has 5 aromatic rings. The highest BCUT2D eigenvalue weighted by molar-refractivity contribution is 9.13. The van der Waals surface area contributed by atoms with E-state index in [0.717, 1.165) is 5.56 Å². The molecule has 11 heteroatoms. The Balaban J connectivity index is 1.53. The predicted molar refractivity (Wildman–Crippen MR) is 160 cm³/mol. The molecule has 0 spiro atoms. The third kappa shape index (κ3) is 5.51. The van der Waals surface area contributed by atoms with Crippen LogP contribution in [0.1, 0.15) is 11.1 Å². The maximum Gasteiger partial charge on any atom is 0.282 e. The van der Waals surface area contributed by atoms with Crippen LogP contribution in [0.4, 0.5) is 5.69 Å². The molecule has 40 heavy (non-hydrogen) atoms. The number of methoxy groups -OCH3 is 1. The molecule has 1 aromatic heterocycles. The molecule has 0 aliphatic heterocycles. The molecule has 5 rings (SSSR count). The van der Waals surface area contributed by atoms with Gasteiger partial charge in [-0.1, -0.05) is 54.6 Å². The number of nitro groups is 1. The van der Waals surface area contributed by atoms with E-state index in [4.69, 9.17) is 14.5 Å². The lowest BCUT2D eigenvalue weighted by molar-refractivity contribution is -0.384. The summed E-state index contributed by atoms with van der Waals surface area (Å²) in [4.78, 5) is 28.8. The number of aromatic nitrogens is 2. The number of halogens is 2. The lowest BCUT2D eigenvalue weighted by Crippen LogP contribution is -2.20. The molecule has 1 heterocycles. The van der Waals surface area contributed by atoms with E-state index in [2.05, 4.69) is 37.0 Å². The summed E-state index contributed by atoms with van der Waals surface area (Å²) in [6.45, 7) is 0.0785. The average molecular weight is 664 g/mol. The van der Waals surface area contributed by atoms with E-state index in [-0.39, 0.29) is 17.9 Å². The number of para-hydroxylation sites is 1. The smallest absolute Gasteiger partial charge is 0.282 e. The van der Waals surface area contributed by atoms with Crippen LogP contribution in [-0.4, -0.2) is 27.9 Å². The number of non-ortho nitro benzene ring substituents is 1. The first-order valence-electron chi connectivity index (χ1n) is 11.9. The Morgan fingerprint density at radius 1 is 1.00 bits per heavy atom. The molecular formula is C29H20Br2N4O5. The predicted octanol–water partition coefficient (Wildman–Crippen LogP) is 6.97. The van der Waals surface area contributed by atoms with Gasteiger partial charge in [-0.05, 0) is 55.6 Å². The number of nitro benzene ring substituents is 1. The first kappa shape index (κ1) is 27.2. The Labute approximate surface area is 245 Å². The first-order chi connectivity index (χ1) is 19.4. The minimum atomic E-state index is -0.454. The van der Waals surface area contributed by atoms with Crippen molar-refractivity contribution < 1.29 is 14.4 Å². The van der Waals surface area contributed by atoms with Gasteiger partial charge in [0.1, 0.15) is 6.61 Å². The molecule has 0 fully saturated rings. The van der Waals surface area contributed by atoms with E-state index in [0.29, 0.717) is 48.3 Å². The second-order valence-electron chi connectivity index (χ2n) is 8.52. The van der Waals surface area contributed by atoms with Crippen molar-refractivity contribution >= 4 is 54.7 Å². The largest absolute Gasteiger partial charge is 0.493 e. The maximum absolute atomic E-state index is 13.5. The molecule has 0 radical (unpaired) electrons. The van der Waals surface area contributed by atoms with Crippen LogP contribution in [-0.2, 0) is 6.61 Å². The van der Waals surface area contributed by atoms with E-state index >= 15 is 0 Å². The van der Waals surface area contributed by atoms with Gasteiger partial charge in [-0.3, -0.25) is 14.9 Å². The number of ether oxygens (including phenoxy) is 2. The van der Waals surface area contributed by atoms with Crippen LogP contribution in [0.5, 0.6) is 11.5 Å². The van der Waals surface area contributed by atoms with Crippen molar-refractivity contribution in [3.63, 3.8) is 0 Å². The molecule has 0 unspecified atom stereocenters. The number of benzene rings is 4. The molecule has 0 aliphatic carbocycles. The normalized spacial score (nSPS) is 11.2. The van der Waals surface area contributed by atoms with Gasteiger partial charge in [0.25, 0.3) is 11.2 Å². The third-order valence-electron chi connectivity index (χ3n) is 5.98. The fraction of sp³-hybridized carbons (Fsp3) is 0.0690. The lowest BCUT2D eigenvalue weighted by atomic mass is 10.2. The highest BCUT2D eigenvalue weighted by Gasteiger charge is 2.18. The zero-order valence-corrected chi connectivity index (χ0v) is 24.1. The van der Waals surface area contributed by atoms with Gasteiger partial charge in [0.2, 0.25) is 0 Å². The Kier molecular flexibility index (Phi) is 8.04. The molecule has 0 aliphatic rings. The van der Waals surface area contributed by atoms with Gasteiger partial charge < -0.3 is 9.47 Å². The second kappa shape index (κ2) is 11.8. The molecule has 0 amide bonds. The summed E-state index contributed by atoms with van der Waals surface area (Å²) in [7, 11) is 1.50. The molecule has 0 bridgehead atoms. The van der Waals surface area contributed by atoms with E-state index in [1.54, 1.807) is 36.4 Å². The number of fused-ring (bicyclic) bond motifs is 1. The second-order valence-corrected chi connectivity index (χ2v) is 10.1. The van der Waals surface area contributed by atoms with E-state index in [9.17, 15) is 14.9 Å². The van der Waals surface area contributed by atoms with Gasteiger partial charge in [-0.25, -0.2) is 4.98 Å². The summed E-state index contributed by atoms with van der Waals surface area (Å²) < 4.78 is 14.0. The standard InChI is InChI=1S/C29H20Br2N4O5/c1-39-24-15-20(25(30)26(31)27(24)40-17-18-8-7-11-21(14-18)35(37)38)16-32-34-28(19-9-3-2-4-10-19)33-23-13-6-5-12-22(23)29(34)36/h2-16H,17H2,1H3. The highest BCUT2D eigenvalue weighted by Crippen LogP contribution is 2.42. The third-order valence-corrected chi connectivity index (χ3v) is 8.12. The van der Waals surface area contributed by atoms with Crippen LogP contribution >= 0.6 is 31.9 Å².